The van der Waals surface area contributed by atoms with Crippen molar-refractivity contribution in [2.24, 2.45) is 0 Å². The lowest BCUT2D eigenvalue weighted by Crippen LogP contribution is -2.52. The Morgan fingerprint density at radius 3 is 2.41 bits per heavy atom. The van der Waals surface area contributed by atoms with Crippen LogP contribution in [0.2, 0.25) is 0 Å². The Kier molecular flexibility index (Phi) is 5.46. The number of carboxylic acids is 1. The number of rotatable bonds is 4. The maximum absolute atomic E-state index is 12.6. The molecular formula is C20H18ClNO5. The summed E-state index contributed by atoms with van der Waals surface area (Å²) in [5.74, 6) is -2.33. The third-order valence-electron chi connectivity index (χ3n) is 4.71. The Labute approximate surface area is 161 Å². The molecule has 0 aliphatic carbocycles. The maximum atomic E-state index is 12.6. The molecule has 0 saturated heterocycles. The summed E-state index contributed by atoms with van der Waals surface area (Å²) in [6, 6.07) is 12.4. The van der Waals surface area contributed by atoms with Gasteiger partial charge in [0.05, 0.1) is 18.7 Å². The molecule has 1 amide bonds. The average Bonchev–Trinajstić information content (AvgIpc) is 2.71. The number of esters is 1. The van der Waals surface area contributed by atoms with E-state index in [2.05, 4.69) is 0 Å². The van der Waals surface area contributed by atoms with E-state index in [1.165, 1.54) is 12.0 Å². The molecule has 7 heteroatoms. The van der Waals surface area contributed by atoms with Crippen LogP contribution in [0.3, 0.4) is 0 Å². The third kappa shape index (κ3) is 3.53. The molecule has 0 saturated carbocycles. The van der Waals surface area contributed by atoms with E-state index < -0.39 is 29.9 Å². The highest BCUT2D eigenvalue weighted by Gasteiger charge is 2.41. The summed E-state index contributed by atoms with van der Waals surface area (Å²) < 4.78 is 4.70. The highest BCUT2D eigenvalue weighted by Crippen LogP contribution is 2.38. The van der Waals surface area contributed by atoms with Gasteiger partial charge in [0.1, 0.15) is 11.9 Å². The number of halogens is 1. The largest absolute Gasteiger partial charge is 0.480 e. The number of hydrogen-bond acceptors (Lipinski definition) is 4. The fraction of sp³-hybridized carbons (Fsp3) is 0.250. The highest BCUT2D eigenvalue weighted by atomic mass is 35.5. The average molecular weight is 388 g/mol. The summed E-state index contributed by atoms with van der Waals surface area (Å²) in [6.07, 6.45) is 0.213. The summed E-state index contributed by atoms with van der Waals surface area (Å²) in [6.45, 7) is 0. The van der Waals surface area contributed by atoms with Gasteiger partial charge in [-0.1, -0.05) is 36.4 Å². The Hall–Kier alpha value is -2.86. The van der Waals surface area contributed by atoms with Crippen LogP contribution in [0.15, 0.2) is 48.5 Å². The Morgan fingerprint density at radius 1 is 1.15 bits per heavy atom. The highest BCUT2D eigenvalue weighted by molar-refractivity contribution is 6.27. The van der Waals surface area contributed by atoms with Crippen molar-refractivity contribution in [3.8, 4) is 0 Å². The van der Waals surface area contributed by atoms with Crippen molar-refractivity contribution in [2.45, 2.75) is 18.5 Å². The summed E-state index contributed by atoms with van der Waals surface area (Å²) in [4.78, 5) is 37.4. The topological polar surface area (TPSA) is 83.9 Å². The third-order valence-corrected chi connectivity index (χ3v) is 4.94. The molecular weight excluding hydrogens is 370 g/mol. The predicted octanol–water partition coefficient (Wildman–Crippen LogP) is 2.64. The van der Waals surface area contributed by atoms with Gasteiger partial charge in [0.15, 0.2) is 0 Å². The summed E-state index contributed by atoms with van der Waals surface area (Å²) in [5, 5.41) is 9.69. The molecule has 0 radical (unpaired) electrons. The van der Waals surface area contributed by atoms with Crippen LogP contribution in [0.25, 0.3) is 0 Å². The monoisotopic (exact) mass is 387 g/mol. The molecule has 1 heterocycles. The molecule has 0 bridgehead atoms. The van der Waals surface area contributed by atoms with Crippen molar-refractivity contribution >= 4 is 29.4 Å². The fourth-order valence-electron chi connectivity index (χ4n) is 3.48. The first-order valence-corrected chi connectivity index (χ1v) is 8.87. The zero-order chi connectivity index (χ0) is 19.6. The van der Waals surface area contributed by atoms with Crippen LogP contribution in [-0.4, -0.2) is 46.9 Å². The zero-order valence-corrected chi connectivity index (χ0v) is 15.3. The lowest BCUT2D eigenvalue weighted by Gasteiger charge is -2.41. The molecule has 0 aromatic heterocycles. The van der Waals surface area contributed by atoms with Gasteiger partial charge in [-0.2, -0.15) is 0 Å². The maximum Gasteiger partial charge on any atom is 0.337 e. The van der Waals surface area contributed by atoms with Crippen molar-refractivity contribution in [2.75, 3.05) is 13.0 Å². The SMILES string of the molecule is COC(=O)c1ccc([C@H]2c3ccccc3C[C@H](C(=O)O)N2C(=O)CCl)cc1. The zero-order valence-electron chi connectivity index (χ0n) is 14.6. The van der Waals surface area contributed by atoms with E-state index >= 15 is 0 Å². The molecule has 1 N–H and O–H groups in total. The summed E-state index contributed by atoms with van der Waals surface area (Å²) >= 11 is 5.78. The second-order valence-corrected chi connectivity index (χ2v) is 6.48. The Bertz CT molecular complexity index is 880. The van der Waals surface area contributed by atoms with Gasteiger partial charge in [-0.15, -0.1) is 11.6 Å². The molecule has 0 fully saturated rings. The molecule has 140 valence electrons. The van der Waals surface area contributed by atoms with Gasteiger partial charge >= 0.3 is 11.9 Å². The van der Waals surface area contributed by atoms with Crippen molar-refractivity contribution < 1.29 is 24.2 Å². The van der Waals surface area contributed by atoms with Crippen LogP contribution < -0.4 is 0 Å². The van der Waals surface area contributed by atoms with Gasteiger partial charge in [-0.3, -0.25) is 4.79 Å². The summed E-state index contributed by atoms with van der Waals surface area (Å²) in [7, 11) is 1.30. The summed E-state index contributed by atoms with van der Waals surface area (Å²) in [5.41, 5.74) is 2.78. The van der Waals surface area contributed by atoms with Gasteiger partial charge in [-0.05, 0) is 28.8 Å². The number of ether oxygens (including phenoxy) is 1. The first kappa shape index (κ1) is 18.9. The molecule has 2 atom stereocenters. The number of methoxy groups -OCH3 is 1. The minimum atomic E-state index is -1.08. The van der Waals surface area contributed by atoms with Crippen molar-refractivity contribution in [1.29, 1.82) is 0 Å². The number of alkyl halides is 1. The molecule has 2 aromatic carbocycles. The minimum absolute atomic E-state index is 0.213. The molecule has 0 unspecified atom stereocenters. The van der Waals surface area contributed by atoms with Gasteiger partial charge in [0.25, 0.3) is 0 Å². The first-order chi connectivity index (χ1) is 13.0. The molecule has 3 rings (SSSR count). The normalized spacial score (nSPS) is 18.5. The number of carbonyl (C=O) groups is 3. The quantitative estimate of drug-likeness (QED) is 0.644. The number of nitrogens with zero attached hydrogens (tertiary/aromatic N) is 1. The Balaban J connectivity index is 2.14. The van der Waals surface area contributed by atoms with E-state index in [9.17, 15) is 19.5 Å². The van der Waals surface area contributed by atoms with Crippen LogP contribution in [-0.2, 0) is 20.7 Å². The molecule has 6 nitrogen and oxygen atoms in total. The predicted molar refractivity (Wildman–Crippen MR) is 98.8 cm³/mol. The van der Waals surface area contributed by atoms with E-state index in [1.807, 2.05) is 24.3 Å². The number of fused-ring (bicyclic) bond motifs is 1. The van der Waals surface area contributed by atoms with E-state index in [-0.39, 0.29) is 12.3 Å². The van der Waals surface area contributed by atoms with Gasteiger partial charge in [0.2, 0.25) is 5.91 Å². The van der Waals surface area contributed by atoms with Gasteiger partial charge in [0, 0.05) is 6.42 Å². The van der Waals surface area contributed by atoms with Crippen LogP contribution in [0.4, 0.5) is 0 Å². The second-order valence-electron chi connectivity index (χ2n) is 6.21. The van der Waals surface area contributed by atoms with Gasteiger partial charge in [-0.25, -0.2) is 9.59 Å². The number of hydrogen-bond donors (Lipinski definition) is 1. The van der Waals surface area contributed by atoms with E-state index in [4.69, 9.17) is 16.3 Å². The van der Waals surface area contributed by atoms with Crippen molar-refractivity contribution in [3.63, 3.8) is 0 Å². The Morgan fingerprint density at radius 2 is 1.81 bits per heavy atom. The first-order valence-electron chi connectivity index (χ1n) is 8.34. The van der Waals surface area contributed by atoms with Gasteiger partial charge < -0.3 is 14.7 Å². The van der Waals surface area contributed by atoms with E-state index in [0.29, 0.717) is 11.1 Å². The number of benzene rings is 2. The minimum Gasteiger partial charge on any atom is -0.480 e. The lowest BCUT2D eigenvalue weighted by atomic mass is 9.84. The van der Waals surface area contributed by atoms with Crippen LogP contribution >= 0.6 is 11.6 Å². The second kappa shape index (κ2) is 7.80. The molecule has 2 aromatic rings. The smallest absolute Gasteiger partial charge is 0.337 e. The molecule has 27 heavy (non-hydrogen) atoms. The number of carbonyl (C=O) groups excluding carboxylic acids is 2. The standard InChI is InChI=1S/C20H18ClNO5/c1-27-20(26)13-8-6-12(7-9-13)18-15-5-3-2-4-14(15)10-16(19(24)25)22(18)17(23)11-21/h2-9,16,18H,10-11H2,1H3,(H,24,25)/t16-,18+/m1/s1. The molecule has 1 aliphatic heterocycles. The lowest BCUT2D eigenvalue weighted by molar-refractivity contribution is -0.151. The molecule has 1 aliphatic rings. The molecule has 0 spiro atoms. The van der Waals surface area contributed by atoms with Crippen LogP contribution in [0.1, 0.15) is 33.1 Å². The number of amides is 1. The van der Waals surface area contributed by atoms with Crippen LogP contribution in [0, 0.1) is 0 Å². The van der Waals surface area contributed by atoms with E-state index in [0.717, 1.165) is 11.1 Å². The van der Waals surface area contributed by atoms with Crippen molar-refractivity contribution in [3.05, 3.63) is 70.8 Å². The number of carboxylic acid groups (broad SMARTS) is 1. The van der Waals surface area contributed by atoms with Crippen LogP contribution in [0.5, 0.6) is 0 Å². The number of aliphatic carboxylic acids is 1. The fourth-order valence-corrected chi connectivity index (χ4v) is 3.61. The van der Waals surface area contributed by atoms with Crippen molar-refractivity contribution in [1.82, 2.24) is 4.90 Å². The van der Waals surface area contributed by atoms with E-state index in [1.54, 1.807) is 24.3 Å².